The molecule has 0 aromatic heterocycles. The second-order valence-electron chi connectivity index (χ2n) is 6.25. The van der Waals surface area contributed by atoms with Crippen molar-refractivity contribution in [3.63, 3.8) is 0 Å². The molecule has 1 aromatic rings. The first-order valence-electron chi connectivity index (χ1n) is 8.38. The lowest BCUT2D eigenvalue weighted by Crippen LogP contribution is -2.38. The van der Waals surface area contributed by atoms with Gasteiger partial charge in [0.05, 0.1) is 6.61 Å². The van der Waals surface area contributed by atoms with Crippen LogP contribution in [0.4, 0.5) is 0 Å². The fraction of sp³-hybridized carbons (Fsp3) is 0.611. The topological polar surface area (TPSA) is 45.7 Å². The van der Waals surface area contributed by atoms with E-state index in [0.717, 1.165) is 50.2 Å². The molecule has 0 saturated carbocycles. The van der Waals surface area contributed by atoms with E-state index in [2.05, 4.69) is 47.7 Å². The van der Waals surface area contributed by atoms with Crippen LogP contribution in [0, 0.1) is 5.92 Å². The van der Waals surface area contributed by atoms with Gasteiger partial charge in [0.1, 0.15) is 5.75 Å². The van der Waals surface area contributed by atoms with Crippen LogP contribution in [0.1, 0.15) is 37.8 Å². The Kier molecular flexibility index (Phi) is 6.56. The Labute approximate surface area is 134 Å². The molecule has 2 rings (SSSR count). The molecule has 2 N–H and O–H groups in total. The summed E-state index contributed by atoms with van der Waals surface area (Å²) in [7, 11) is 1.82. The van der Waals surface area contributed by atoms with Crippen LogP contribution in [-0.2, 0) is 12.8 Å². The molecule has 0 amide bonds. The summed E-state index contributed by atoms with van der Waals surface area (Å²) in [6, 6.07) is 6.52. The second kappa shape index (κ2) is 8.66. The number of benzene rings is 1. The van der Waals surface area contributed by atoms with Gasteiger partial charge in [0.15, 0.2) is 5.96 Å². The highest BCUT2D eigenvalue weighted by atomic mass is 16.5. The molecule has 4 heteroatoms. The molecule has 22 heavy (non-hydrogen) atoms. The predicted octanol–water partition coefficient (Wildman–Crippen LogP) is 2.77. The highest BCUT2D eigenvalue weighted by Gasteiger charge is 2.11. The van der Waals surface area contributed by atoms with Crippen molar-refractivity contribution in [3.05, 3.63) is 29.3 Å². The number of hydrogen-bond acceptors (Lipinski definition) is 2. The third kappa shape index (κ3) is 5.24. The number of ether oxygens (including phenoxy) is 1. The maximum atomic E-state index is 5.54. The lowest BCUT2D eigenvalue weighted by Gasteiger charge is -2.12. The van der Waals surface area contributed by atoms with E-state index in [1.54, 1.807) is 0 Å². The van der Waals surface area contributed by atoms with Gasteiger partial charge in [0.25, 0.3) is 0 Å². The Balaban J connectivity index is 1.68. The van der Waals surface area contributed by atoms with E-state index in [0.29, 0.717) is 0 Å². The molecule has 0 fully saturated rings. The maximum absolute atomic E-state index is 5.54. The van der Waals surface area contributed by atoms with Crippen molar-refractivity contribution in [2.45, 2.75) is 39.5 Å². The van der Waals surface area contributed by atoms with Crippen molar-refractivity contribution in [2.24, 2.45) is 10.9 Å². The van der Waals surface area contributed by atoms with Crippen LogP contribution in [-0.4, -0.2) is 32.7 Å². The van der Waals surface area contributed by atoms with Gasteiger partial charge in [0, 0.05) is 26.6 Å². The maximum Gasteiger partial charge on any atom is 0.190 e. The molecule has 0 spiro atoms. The fourth-order valence-electron chi connectivity index (χ4n) is 2.66. The molecule has 4 nitrogen and oxygen atoms in total. The van der Waals surface area contributed by atoms with Gasteiger partial charge in [-0.25, -0.2) is 0 Å². The summed E-state index contributed by atoms with van der Waals surface area (Å²) in [6.45, 7) is 7.21. The molecule has 0 saturated heterocycles. The molecule has 1 aromatic carbocycles. The van der Waals surface area contributed by atoms with Crippen LogP contribution in [0.25, 0.3) is 0 Å². The van der Waals surface area contributed by atoms with Crippen LogP contribution in [0.5, 0.6) is 5.75 Å². The van der Waals surface area contributed by atoms with E-state index in [1.807, 2.05) is 7.05 Å². The fourth-order valence-corrected chi connectivity index (χ4v) is 2.66. The van der Waals surface area contributed by atoms with Gasteiger partial charge in [-0.05, 0) is 42.4 Å². The van der Waals surface area contributed by atoms with E-state index < -0.39 is 0 Å². The van der Waals surface area contributed by atoms with Crippen molar-refractivity contribution >= 4 is 5.96 Å². The zero-order valence-electron chi connectivity index (χ0n) is 14.1. The van der Waals surface area contributed by atoms with Gasteiger partial charge >= 0.3 is 0 Å². The third-order valence-electron chi connectivity index (χ3n) is 3.93. The third-order valence-corrected chi connectivity index (χ3v) is 3.93. The van der Waals surface area contributed by atoms with Crippen LogP contribution >= 0.6 is 0 Å². The molecule has 0 bridgehead atoms. The molecule has 122 valence electrons. The Bertz CT molecular complexity index is 497. The molecule has 1 aliphatic rings. The minimum Gasteiger partial charge on any atom is -0.493 e. The Morgan fingerprint density at radius 1 is 1.27 bits per heavy atom. The molecule has 1 aliphatic heterocycles. The largest absolute Gasteiger partial charge is 0.493 e. The SMILES string of the molecule is CN=C(NCCCC(C)C)NCCc1ccc2c(c1)CCO2. The molecular weight excluding hydrogens is 274 g/mol. The molecule has 0 radical (unpaired) electrons. The number of hydrogen-bond donors (Lipinski definition) is 2. The van der Waals surface area contributed by atoms with Crippen molar-refractivity contribution in [1.29, 1.82) is 0 Å². The minimum absolute atomic E-state index is 0.764. The first kappa shape index (κ1) is 16.7. The lowest BCUT2D eigenvalue weighted by atomic mass is 10.1. The van der Waals surface area contributed by atoms with Gasteiger partial charge in [0.2, 0.25) is 0 Å². The first-order valence-corrected chi connectivity index (χ1v) is 8.38. The first-order chi connectivity index (χ1) is 10.7. The molecular formula is C18H29N3O. The van der Waals surface area contributed by atoms with Crippen LogP contribution in [0.3, 0.4) is 0 Å². The summed E-state index contributed by atoms with van der Waals surface area (Å²) < 4.78 is 5.54. The summed E-state index contributed by atoms with van der Waals surface area (Å²) in [5.74, 6) is 2.72. The van der Waals surface area contributed by atoms with E-state index in [-0.39, 0.29) is 0 Å². The smallest absolute Gasteiger partial charge is 0.190 e. The predicted molar refractivity (Wildman–Crippen MR) is 92.8 cm³/mol. The average molecular weight is 303 g/mol. The van der Waals surface area contributed by atoms with Crippen molar-refractivity contribution < 1.29 is 4.74 Å². The van der Waals surface area contributed by atoms with Gasteiger partial charge in [-0.15, -0.1) is 0 Å². The summed E-state index contributed by atoms with van der Waals surface area (Å²) in [6.07, 6.45) is 4.47. The number of nitrogens with zero attached hydrogens (tertiary/aromatic N) is 1. The second-order valence-corrected chi connectivity index (χ2v) is 6.25. The van der Waals surface area contributed by atoms with Crippen LogP contribution < -0.4 is 15.4 Å². The number of nitrogens with one attached hydrogen (secondary N) is 2. The summed E-state index contributed by atoms with van der Waals surface area (Å²) in [5.41, 5.74) is 2.70. The highest BCUT2D eigenvalue weighted by Crippen LogP contribution is 2.25. The van der Waals surface area contributed by atoms with E-state index in [1.165, 1.54) is 24.0 Å². The molecule has 1 heterocycles. The zero-order valence-corrected chi connectivity index (χ0v) is 14.1. The lowest BCUT2D eigenvalue weighted by molar-refractivity contribution is 0.357. The highest BCUT2D eigenvalue weighted by molar-refractivity contribution is 5.79. The summed E-state index contributed by atoms with van der Waals surface area (Å²) in [5, 5.41) is 6.75. The normalized spacial score (nSPS) is 13.9. The van der Waals surface area contributed by atoms with Gasteiger partial charge in [-0.1, -0.05) is 26.0 Å². The van der Waals surface area contributed by atoms with Crippen molar-refractivity contribution in [3.8, 4) is 5.75 Å². The van der Waals surface area contributed by atoms with E-state index >= 15 is 0 Å². The standard InChI is InChI=1S/C18H29N3O/c1-14(2)5-4-10-20-18(19-3)21-11-8-15-6-7-17-16(13-15)9-12-22-17/h6-7,13-14H,4-5,8-12H2,1-3H3,(H2,19,20,21). The number of fused-ring (bicyclic) bond motifs is 1. The zero-order chi connectivity index (χ0) is 15.8. The monoisotopic (exact) mass is 303 g/mol. The number of guanidine groups is 1. The molecule has 0 aliphatic carbocycles. The molecule has 0 unspecified atom stereocenters. The number of rotatable bonds is 7. The van der Waals surface area contributed by atoms with Gasteiger partial charge < -0.3 is 15.4 Å². The Morgan fingerprint density at radius 2 is 2.09 bits per heavy atom. The Hall–Kier alpha value is -1.71. The van der Waals surface area contributed by atoms with Gasteiger partial charge in [-0.3, -0.25) is 4.99 Å². The number of aliphatic imine (C=N–C) groups is 1. The quantitative estimate of drug-likeness (QED) is 0.462. The summed E-state index contributed by atoms with van der Waals surface area (Å²) >= 11 is 0. The minimum atomic E-state index is 0.764. The molecule has 0 atom stereocenters. The average Bonchev–Trinajstić information content (AvgIpc) is 2.97. The van der Waals surface area contributed by atoms with Crippen molar-refractivity contribution in [1.82, 2.24) is 10.6 Å². The van der Waals surface area contributed by atoms with E-state index in [9.17, 15) is 0 Å². The Morgan fingerprint density at radius 3 is 2.86 bits per heavy atom. The van der Waals surface area contributed by atoms with E-state index in [4.69, 9.17) is 4.74 Å². The van der Waals surface area contributed by atoms with Crippen molar-refractivity contribution in [2.75, 3.05) is 26.7 Å². The van der Waals surface area contributed by atoms with Gasteiger partial charge in [-0.2, -0.15) is 0 Å². The summed E-state index contributed by atoms with van der Waals surface area (Å²) in [4.78, 5) is 4.27. The van der Waals surface area contributed by atoms with Crippen LogP contribution in [0.15, 0.2) is 23.2 Å². The van der Waals surface area contributed by atoms with Crippen LogP contribution in [0.2, 0.25) is 0 Å².